The summed E-state index contributed by atoms with van der Waals surface area (Å²) in [6.45, 7) is 2.00. The summed E-state index contributed by atoms with van der Waals surface area (Å²) in [7, 11) is 1.55. The quantitative estimate of drug-likeness (QED) is 0.562. The predicted octanol–water partition coefficient (Wildman–Crippen LogP) is 3.09. The number of aryl methyl sites for hydroxylation is 1. The van der Waals surface area contributed by atoms with E-state index in [9.17, 15) is 14.7 Å². The van der Waals surface area contributed by atoms with Gasteiger partial charge in [-0.25, -0.2) is 14.8 Å². The lowest BCUT2D eigenvalue weighted by Gasteiger charge is -2.15. The Bertz CT molecular complexity index is 1100. The van der Waals surface area contributed by atoms with Gasteiger partial charge in [0.2, 0.25) is 5.91 Å². The van der Waals surface area contributed by atoms with Crippen molar-refractivity contribution in [2.75, 3.05) is 17.7 Å². The van der Waals surface area contributed by atoms with Crippen molar-refractivity contribution in [1.29, 1.82) is 0 Å². The first-order valence-corrected chi connectivity index (χ1v) is 9.35. The fourth-order valence-electron chi connectivity index (χ4n) is 3.20. The number of methoxy groups -OCH3 is 1. The molecule has 1 amide bonds. The number of nitrogens with zero attached hydrogens (tertiary/aromatic N) is 3. The van der Waals surface area contributed by atoms with Gasteiger partial charge < -0.3 is 24.9 Å². The highest BCUT2D eigenvalue weighted by molar-refractivity contribution is 5.98. The van der Waals surface area contributed by atoms with E-state index in [2.05, 4.69) is 20.6 Å². The summed E-state index contributed by atoms with van der Waals surface area (Å²) in [5.74, 6) is -0.355. The number of fused-ring (bicyclic) bond motifs is 1. The van der Waals surface area contributed by atoms with Gasteiger partial charge in [0, 0.05) is 24.4 Å². The largest absolute Gasteiger partial charge is 0.492 e. The van der Waals surface area contributed by atoms with Crippen molar-refractivity contribution >= 4 is 34.6 Å². The number of carboxylic acid groups (broad SMARTS) is 1. The molecule has 0 unspecified atom stereocenters. The van der Waals surface area contributed by atoms with Gasteiger partial charge in [-0.3, -0.25) is 4.79 Å². The predicted molar refractivity (Wildman–Crippen MR) is 107 cm³/mol. The van der Waals surface area contributed by atoms with E-state index in [0.29, 0.717) is 22.9 Å². The fourth-order valence-corrected chi connectivity index (χ4v) is 3.20. The molecule has 0 atom stereocenters. The van der Waals surface area contributed by atoms with Crippen molar-refractivity contribution in [3.8, 4) is 5.75 Å². The van der Waals surface area contributed by atoms with Crippen LogP contribution in [0.2, 0.25) is 0 Å². The molecule has 1 aliphatic rings. The molecule has 3 heterocycles. The van der Waals surface area contributed by atoms with Crippen LogP contribution >= 0.6 is 0 Å². The summed E-state index contributed by atoms with van der Waals surface area (Å²) in [6.07, 6.45) is 7.22. The highest BCUT2D eigenvalue weighted by Crippen LogP contribution is 2.35. The van der Waals surface area contributed by atoms with E-state index in [1.807, 2.05) is 17.5 Å². The Morgan fingerprint density at radius 2 is 2.10 bits per heavy atom. The van der Waals surface area contributed by atoms with E-state index >= 15 is 0 Å². The number of imidazole rings is 1. The highest BCUT2D eigenvalue weighted by Gasteiger charge is 2.30. The van der Waals surface area contributed by atoms with E-state index in [-0.39, 0.29) is 17.4 Å². The number of amides is 1. The van der Waals surface area contributed by atoms with Crippen LogP contribution in [0.5, 0.6) is 5.75 Å². The lowest BCUT2D eigenvalue weighted by molar-refractivity contribution is -0.117. The Morgan fingerprint density at radius 3 is 2.76 bits per heavy atom. The average Bonchev–Trinajstić information content (AvgIpc) is 3.48. The molecular weight excluding hydrogens is 374 g/mol. The highest BCUT2D eigenvalue weighted by atomic mass is 16.5. The van der Waals surface area contributed by atoms with Crippen LogP contribution in [-0.4, -0.2) is 38.5 Å². The van der Waals surface area contributed by atoms with Gasteiger partial charge in [0.05, 0.1) is 30.5 Å². The lowest BCUT2D eigenvalue weighted by atomic mass is 10.2. The molecule has 9 nitrogen and oxygen atoms in total. The minimum absolute atomic E-state index is 0.0134. The van der Waals surface area contributed by atoms with Gasteiger partial charge in [-0.05, 0) is 25.3 Å². The maximum atomic E-state index is 12.0. The first-order chi connectivity index (χ1) is 14.0. The van der Waals surface area contributed by atoms with Gasteiger partial charge in [0.25, 0.3) is 0 Å². The fraction of sp³-hybridized carbons (Fsp3) is 0.300. The third kappa shape index (κ3) is 3.58. The Kier molecular flexibility index (Phi) is 4.79. The van der Waals surface area contributed by atoms with E-state index in [1.54, 1.807) is 19.5 Å². The molecule has 1 saturated carbocycles. The Labute approximate surface area is 166 Å². The number of ether oxygens (including phenoxy) is 1. The van der Waals surface area contributed by atoms with Crippen molar-refractivity contribution in [3.63, 3.8) is 0 Å². The first-order valence-electron chi connectivity index (χ1n) is 9.35. The summed E-state index contributed by atoms with van der Waals surface area (Å²) < 4.78 is 7.47. The number of hydrogen-bond donors (Lipinski definition) is 3. The third-order valence-corrected chi connectivity index (χ3v) is 4.87. The van der Waals surface area contributed by atoms with Crippen LogP contribution in [0.25, 0.3) is 5.52 Å². The van der Waals surface area contributed by atoms with Gasteiger partial charge in [0.1, 0.15) is 16.9 Å². The summed E-state index contributed by atoms with van der Waals surface area (Å²) in [6, 6.07) is 3.30. The summed E-state index contributed by atoms with van der Waals surface area (Å²) in [5, 5.41) is 15.4. The van der Waals surface area contributed by atoms with Crippen molar-refractivity contribution in [2.45, 2.75) is 26.2 Å². The van der Waals surface area contributed by atoms with E-state index in [1.165, 1.54) is 12.3 Å². The zero-order valence-corrected chi connectivity index (χ0v) is 16.1. The number of carbonyl (C=O) groups excluding carboxylic acids is 1. The number of rotatable bonds is 7. The number of hydrogen-bond acceptors (Lipinski definition) is 6. The second kappa shape index (κ2) is 7.42. The van der Waals surface area contributed by atoms with Crippen LogP contribution in [-0.2, 0) is 11.2 Å². The smallest absolute Gasteiger partial charge is 0.339 e. The standard InChI is InChI=1S/C20H21N5O4/c1-3-13-17-18(29-2)14(6-7-25(17)10-22-13)23-15-8-16(21-9-12(15)20(27)28)24-19(26)11-4-5-11/h6-11H,3-5H2,1-2H3,(H,27,28)(H2,21,23,24,26). The van der Waals surface area contributed by atoms with E-state index in [0.717, 1.165) is 30.5 Å². The van der Waals surface area contributed by atoms with Gasteiger partial charge in [0.15, 0.2) is 5.75 Å². The van der Waals surface area contributed by atoms with Gasteiger partial charge >= 0.3 is 5.97 Å². The number of aromatic carboxylic acids is 1. The monoisotopic (exact) mass is 395 g/mol. The number of aromatic nitrogens is 3. The van der Waals surface area contributed by atoms with Crippen LogP contribution < -0.4 is 15.4 Å². The van der Waals surface area contributed by atoms with Crippen molar-refractivity contribution < 1.29 is 19.4 Å². The molecule has 29 heavy (non-hydrogen) atoms. The number of carboxylic acids is 1. The molecule has 9 heteroatoms. The number of carbonyl (C=O) groups is 2. The minimum Gasteiger partial charge on any atom is -0.492 e. The molecule has 0 saturated heterocycles. The molecule has 0 radical (unpaired) electrons. The maximum Gasteiger partial charge on any atom is 0.339 e. The Morgan fingerprint density at radius 1 is 1.31 bits per heavy atom. The lowest BCUT2D eigenvalue weighted by Crippen LogP contribution is -2.15. The molecule has 3 aromatic rings. The third-order valence-electron chi connectivity index (χ3n) is 4.87. The summed E-state index contributed by atoms with van der Waals surface area (Å²) >= 11 is 0. The molecular formula is C20H21N5O4. The molecule has 3 aromatic heterocycles. The molecule has 0 aliphatic heterocycles. The van der Waals surface area contributed by atoms with Crippen LogP contribution in [0.4, 0.5) is 17.2 Å². The van der Waals surface area contributed by atoms with E-state index in [4.69, 9.17) is 4.74 Å². The topological polar surface area (TPSA) is 118 Å². The second-order valence-corrected chi connectivity index (χ2v) is 6.87. The van der Waals surface area contributed by atoms with Crippen molar-refractivity contribution in [3.05, 3.63) is 42.1 Å². The van der Waals surface area contributed by atoms with Crippen LogP contribution in [0, 0.1) is 5.92 Å². The molecule has 0 aromatic carbocycles. The van der Waals surface area contributed by atoms with Crippen LogP contribution in [0.1, 0.15) is 35.8 Å². The molecule has 1 aliphatic carbocycles. The van der Waals surface area contributed by atoms with Gasteiger partial charge in [-0.1, -0.05) is 6.92 Å². The Hall–Kier alpha value is -3.62. The molecule has 1 fully saturated rings. The van der Waals surface area contributed by atoms with Crippen LogP contribution in [0.15, 0.2) is 30.9 Å². The van der Waals surface area contributed by atoms with Gasteiger partial charge in [-0.15, -0.1) is 0 Å². The van der Waals surface area contributed by atoms with Crippen molar-refractivity contribution in [2.24, 2.45) is 5.92 Å². The average molecular weight is 395 g/mol. The molecule has 150 valence electrons. The molecule has 0 bridgehead atoms. The second-order valence-electron chi connectivity index (χ2n) is 6.87. The minimum atomic E-state index is -1.13. The molecule has 0 spiro atoms. The SMILES string of the molecule is CCc1ncn2ccc(Nc3cc(NC(=O)C4CC4)ncc3C(=O)O)c(OC)c12. The number of anilines is 3. The summed E-state index contributed by atoms with van der Waals surface area (Å²) in [5.41, 5.74) is 2.56. The first kappa shape index (κ1) is 18.7. The van der Waals surface area contributed by atoms with Crippen molar-refractivity contribution in [1.82, 2.24) is 14.4 Å². The maximum absolute atomic E-state index is 12.0. The normalized spacial score (nSPS) is 13.3. The van der Waals surface area contributed by atoms with Gasteiger partial charge in [-0.2, -0.15) is 0 Å². The van der Waals surface area contributed by atoms with E-state index < -0.39 is 5.97 Å². The number of pyridine rings is 2. The summed E-state index contributed by atoms with van der Waals surface area (Å²) in [4.78, 5) is 32.2. The zero-order valence-electron chi connectivity index (χ0n) is 16.1. The van der Waals surface area contributed by atoms with Crippen LogP contribution in [0.3, 0.4) is 0 Å². The Balaban J connectivity index is 1.74. The number of nitrogens with one attached hydrogen (secondary N) is 2. The molecule has 4 rings (SSSR count). The zero-order chi connectivity index (χ0) is 20.5. The molecule has 3 N–H and O–H groups in total.